The summed E-state index contributed by atoms with van der Waals surface area (Å²) in [6, 6.07) is 4.64. The first-order valence-electron chi connectivity index (χ1n) is 5.97. The van der Waals surface area contributed by atoms with Gasteiger partial charge in [0.25, 0.3) is 0 Å². The number of amides is 1. The minimum atomic E-state index is -0.333. The maximum Gasteiger partial charge on any atom is 0.236 e. The van der Waals surface area contributed by atoms with Gasteiger partial charge in [-0.2, -0.15) is 0 Å². The molecule has 1 amide bonds. The summed E-state index contributed by atoms with van der Waals surface area (Å²) >= 11 is 12.0. The molecule has 0 bridgehead atoms. The van der Waals surface area contributed by atoms with E-state index in [0.717, 1.165) is 0 Å². The first kappa shape index (κ1) is 14.3. The molecular formula is C13H14Cl2N2O2. The summed E-state index contributed by atoms with van der Waals surface area (Å²) in [6.45, 7) is 0.457. The van der Waals surface area contributed by atoms with Gasteiger partial charge in [-0.15, -0.1) is 0 Å². The molecule has 0 saturated carbocycles. The van der Waals surface area contributed by atoms with Gasteiger partial charge in [-0.1, -0.05) is 29.3 Å². The van der Waals surface area contributed by atoms with Gasteiger partial charge in [-0.3, -0.25) is 9.59 Å². The Kier molecular flexibility index (Phi) is 4.45. The molecule has 1 aromatic carbocycles. The third-order valence-corrected chi connectivity index (χ3v) is 3.90. The highest BCUT2D eigenvalue weighted by Crippen LogP contribution is 2.29. The zero-order valence-corrected chi connectivity index (χ0v) is 11.9. The molecule has 0 radical (unpaired) electrons. The first-order valence-corrected chi connectivity index (χ1v) is 6.73. The van der Waals surface area contributed by atoms with E-state index >= 15 is 0 Å². The van der Waals surface area contributed by atoms with Crippen molar-refractivity contribution >= 4 is 34.9 Å². The highest BCUT2D eigenvalue weighted by atomic mass is 35.5. The van der Waals surface area contributed by atoms with Crippen LogP contribution in [-0.4, -0.2) is 31.3 Å². The Hall–Kier alpha value is -1.10. The average molecular weight is 301 g/mol. The predicted molar refractivity (Wildman–Crippen MR) is 74.8 cm³/mol. The second-order valence-electron chi connectivity index (χ2n) is 4.47. The van der Waals surface area contributed by atoms with Gasteiger partial charge in [0, 0.05) is 19.5 Å². The highest BCUT2D eigenvalue weighted by Gasteiger charge is 2.34. The van der Waals surface area contributed by atoms with Crippen molar-refractivity contribution in [2.45, 2.75) is 12.5 Å². The van der Waals surface area contributed by atoms with E-state index in [1.54, 1.807) is 25.2 Å². The fourth-order valence-corrected chi connectivity index (χ4v) is 2.83. The Morgan fingerprint density at radius 2 is 1.95 bits per heavy atom. The number of Topliss-reactive ketones (excluding diaryl/α,β-unsaturated/α-hetero) is 1. The van der Waals surface area contributed by atoms with E-state index in [1.807, 2.05) is 0 Å². The number of benzene rings is 1. The second-order valence-corrected chi connectivity index (χ2v) is 5.28. The molecule has 6 heteroatoms. The lowest BCUT2D eigenvalue weighted by Crippen LogP contribution is -2.38. The Morgan fingerprint density at radius 1 is 1.32 bits per heavy atom. The molecule has 19 heavy (non-hydrogen) atoms. The van der Waals surface area contributed by atoms with Crippen LogP contribution in [0.25, 0.3) is 0 Å². The maximum atomic E-state index is 12.4. The summed E-state index contributed by atoms with van der Waals surface area (Å²) in [6.07, 6.45) is 0.458. The van der Waals surface area contributed by atoms with Crippen LogP contribution in [0.1, 0.15) is 16.8 Å². The molecule has 2 atom stereocenters. The zero-order valence-electron chi connectivity index (χ0n) is 10.4. The van der Waals surface area contributed by atoms with Crippen molar-refractivity contribution in [3.05, 3.63) is 33.8 Å². The average Bonchev–Trinajstić information content (AvgIpc) is 2.87. The van der Waals surface area contributed by atoms with E-state index in [9.17, 15) is 9.59 Å². The maximum absolute atomic E-state index is 12.4. The Morgan fingerprint density at radius 3 is 2.53 bits per heavy atom. The summed E-state index contributed by atoms with van der Waals surface area (Å²) in [4.78, 5) is 23.9. The second kappa shape index (κ2) is 5.90. The summed E-state index contributed by atoms with van der Waals surface area (Å²) < 4.78 is 0. The van der Waals surface area contributed by atoms with Crippen LogP contribution < -0.4 is 10.6 Å². The molecule has 2 N–H and O–H groups in total. The molecule has 1 heterocycles. The lowest BCUT2D eigenvalue weighted by Gasteiger charge is -2.11. The number of nitrogens with one attached hydrogen (secondary N) is 2. The van der Waals surface area contributed by atoms with Gasteiger partial charge < -0.3 is 10.6 Å². The molecule has 1 aliphatic rings. The lowest BCUT2D eigenvalue weighted by molar-refractivity contribution is -0.122. The topological polar surface area (TPSA) is 58.2 Å². The monoisotopic (exact) mass is 300 g/mol. The van der Waals surface area contributed by atoms with Crippen LogP contribution in [0.4, 0.5) is 0 Å². The number of rotatable bonds is 3. The third-order valence-electron chi connectivity index (χ3n) is 3.27. The van der Waals surface area contributed by atoms with Gasteiger partial charge in [0.2, 0.25) is 5.91 Å². The molecule has 4 nitrogen and oxygen atoms in total. The summed E-state index contributed by atoms with van der Waals surface area (Å²) in [5.74, 6) is -0.505. The molecular weight excluding hydrogens is 287 g/mol. The van der Waals surface area contributed by atoms with Gasteiger partial charge >= 0.3 is 0 Å². The van der Waals surface area contributed by atoms with Crippen molar-refractivity contribution in [1.82, 2.24) is 10.6 Å². The Balaban J connectivity index is 2.16. The van der Waals surface area contributed by atoms with Crippen molar-refractivity contribution in [2.24, 2.45) is 5.92 Å². The number of likely N-dealkylation sites (N-methyl/N-ethyl adjacent to an activating group) is 1. The molecule has 0 spiro atoms. The number of halogens is 2. The van der Waals surface area contributed by atoms with Gasteiger partial charge in [-0.05, 0) is 18.6 Å². The fourth-order valence-electron chi connectivity index (χ4n) is 2.25. The molecule has 102 valence electrons. The van der Waals surface area contributed by atoms with E-state index in [-0.39, 0.29) is 23.7 Å². The molecule has 2 unspecified atom stereocenters. The summed E-state index contributed by atoms with van der Waals surface area (Å²) in [5.41, 5.74) is 0.343. The number of carbonyl (C=O) groups is 2. The predicted octanol–water partition coefficient (Wildman–Crippen LogP) is 1.90. The minimum absolute atomic E-state index is 0.111. The van der Waals surface area contributed by atoms with E-state index in [4.69, 9.17) is 23.2 Å². The summed E-state index contributed by atoms with van der Waals surface area (Å²) in [5, 5.41) is 6.29. The van der Waals surface area contributed by atoms with Crippen molar-refractivity contribution in [3.63, 3.8) is 0 Å². The number of ketones is 1. The first-order chi connectivity index (χ1) is 9.04. The largest absolute Gasteiger partial charge is 0.358 e. The van der Waals surface area contributed by atoms with E-state index in [1.165, 1.54) is 0 Å². The lowest BCUT2D eigenvalue weighted by atomic mass is 9.95. The van der Waals surface area contributed by atoms with Gasteiger partial charge in [0.05, 0.1) is 21.7 Å². The van der Waals surface area contributed by atoms with Crippen LogP contribution in [0.2, 0.25) is 10.0 Å². The molecule has 1 aliphatic heterocycles. The van der Waals surface area contributed by atoms with E-state index in [0.29, 0.717) is 28.6 Å². The smallest absolute Gasteiger partial charge is 0.236 e. The van der Waals surface area contributed by atoms with Gasteiger partial charge in [0.1, 0.15) is 0 Å². The third kappa shape index (κ3) is 2.91. The van der Waals surface area contributed by atoms with Crippen molar-refractivity contribution in [1.29, 1.82) is 0 Å². The molecule has 0 aliphatic carbocycles. The number of carbonyl (C=O) groups excluding carboxylic acids is 2. The molecule has 1 aromatic rings. The Bertz CT molecular complexity index is 499. The highest BCUT2D eigenvalue weighted by molar-refractivity contribution is 6.40. The molecule has 2 rings (SSSR count). The summed E-state index contributed by atoms with van der Waals surface area (Å²) in [7, 11) is 1.57. The van der Waals surface area contributed by atoms with Crippen molar-refractivity contribution < 1.29 is 9.59 Å². The minimum Gasteiger partial charge on any atom is -0.358 e. The molecule has 0 aromatic heterocycles. The molecule has 1 saturated heterocycles. The van der Waals surface area contributed by atoms with Crippen molar-refractivity contribution in [3.8, 4) is 0 Å². The van der Waals surface area contributed by atoms with Crippen molar-refractivity contribution in [2.75, 3.05) is 13.6 Å². The standard InChI is InChI=1S/C13H14Cl2N2O2/c1-16-13(19)10-5-7(6-17-10)12(18)11-8(14)3-2-4-9(11)15/h2-4,7,10,17H,5-6H2,1H3,(H,16,19). The van der Waals surface area contributed by atoms with Crippen LogP contribution in [0.5, 0.6) is 0 Å². The Labute approximate surface area is 121 Å². The molecule has 1 fully saturated rings. The number of hydrogen-bond acceptors (Lipinski definition) is 3. The normalized spacial score (nSPS) is 22.3. The van der Waals surface area contributed by atoms with Crippen LogP contribution in [-0.2, 0) is 4.79 Å². The van der Waals surface area contributed by atoms with Crippen LogP contribution >= 0.6 is 23.2 Å². The van der Waals surface area contributed by atoms with Crippen LogP contribution in [0, 0.1) is 5.92 Å². The van der Waals surface area contributed by atoms with E-state index in [2.05, 4.69) is 10.6 Å². The van der Waals surface area contributed by atoms with Crippen LogP contribution in [0.15, 0.2) is 18.2 Å². The fraction of sp³-hybridized carbons (Fsp3) is 0.385. The van der Waals surface area contributed by atoms with Gasteiger partial charge in [0.15, 0.2) is 5.78 Å². The van der Waals surface area contributed by atoms with Crippen LogP contribution in [0.3, 0.4) is 0 Å². The van der Waals surface area contributed by atoms with E-state index < -0.39 is 0 Å². The van der Waals surface area contributed by atoms with Gasteiger partial charge in [-0.25, -0.2) is 0 Å². The quantitative estimate of drug-likeness (QED) is 0.838. The SMILES string of the molecule is CNC(=O)C1CC(C(=O)c2c(Cl)cccc2Cl)CN1. The zero-order chi connectivity index (χ0) is 14.0. The number of hydrogen-bond donors (Lipinski definition) is 2.